The van der Waals surface area contributed by atoms with Crippen molar-refractivity contribution in [3.63, 3.8) is 0 Å². The lowest BCUT2D eigenvalue weighted by Gasteiger charge is -2.18. The van der Waals surface area contributed by atoms with Crippen LogP contribution in [0.5, 0.6) is 0 Å². The zero-order chi connectivity index (χ0) is 47.2. The van der Waals surface area contributed by atoms with Gasteiger partial charge in [0.05, 0.1) is 0 Å². The average Bonchev–Trinajstić information content (AvgIpc) is 3.30. The van der Waals surface area contributed by atoms with Gasteiger partial charge in [-0.25, -0.2) is 0 Å². The number of allylic oxidation sites excluding steroid dienone is 24. The topological polar surface area (TPSA) is 78.9 Å². The van der Waals surface area contributed by atoms with Crippen molar-refractivity contribution in [2.75, 3.05) is 13.2 Å². The maximum atomic E-state index is 12.8. The van der Waals surface area contributed by atoms with Crippen LogP contribution < -0.4 is 0 Å². The van der Waals surface area contributed by atoms with E-state index in [0.717, 1.165) is 89.9 Å². The Labute approximate surface area is 397 Å². The second kappa shape index (κ2) is 51.9. The molecule has 0 rings (SSSR count). The third kappa shape index (κ3) is 50.2. The first kappa shape index (κ1) is 60.3. The maximum Gasteiger partial charge on any atom is 0.306 e. The van der Waals surface area contributed by atoms with E-state index in [0.29, 0.717) is 12.8 Å². The summed E-state index contributed by atoms with van der Waals surface area (Å²) in [4.78, 5) is 37.9. The third-order valence-electron chi connectivity index (χ3n) is 9.94. The van der Waals surface area contributed by atoms with Crippen molar-refractivity contribution in [1.82, 2.24) is 0 Å². The molecule has 0 fully saturated rings. The number of esters is 3. The molecule has 0 radical (unpaired) electrons. The number of ether oxygens (including phenoxy) is 3. The molecule has 1 atom stereocenters. The lowest BCUT2D eigenvalue weighted by molar-refractivity contribution is -0.167. The van der Waals surface area contributed by atoms with Crippen LogP contribution in [0.2, 0.25) is 0 Å². The molecule has 1 unspecified atom stereocenters. The molecule has 0 aromatic rings. The van der Waals surface area contributed by atoms with Crippen LogP contribution in [0.3, 0.4) is 0 Å². The minimum absolute atomic E-state index is 0.140. The van der Waals surface area contributed by atoms with Crippen LogP contribution in [0.25, 0.3) is 0 Å². The van der Waals surface area contributed by atoms with Crippen molar-refractivity contribution >= 4 is 17.9 Å². The Kier molecular flexibility index (Phi) is 48.2. The number of hydrogen-bond donors (Lipinski definition) is 0. The van der Waals surface area contributed by atoms with Crippen molar-refractivity contribution in [2.45, 2.75) is 194 Å². The summed E-state index contributed by atoms with van der Waals surface area (Å²) in [6, 6.07) is 0. The minimum atomic E-state index is -0.840. The highest BCUT2D eigenvalue weighted by molar-refractivity contribution is 5.71. The molecule has 0 N–H and O–H groups in total. The lowest BCUT2D eigenvalue weighted by atomic mass is 10.1. The van der Waals surface area contributed by atoms with E-state index in [1.54, 1.807) is 0 Å². The molecule has 0 saturated heterocycles. The predicted octanol–water partition coefficient (Wildman–Crippen LogP) is 16.9. The normalized spacial score (nSPS) is 13.3. The highest BCUT2D eigenvalue weighted by Gasteiger charge is 2.19. The molecule has 6 nitrogen and oxygen atoms in total. The zero-order valence-electron chi connectivity index (χ0n) is 41.2. The van der Waals surface area contributed by atoms with Gasteiger partial charge >= 0.3 is 17.9 Å². The monoisotopic (exact) mass is 895 g/mol. The van der Waals surface area contributed by atoms with E-state index in [2.05, 4.69) is 112 Å². The second-order valence-corrected chi connectivity index (χ2v) is 16.1. The quantitative estimate of drug-likeness (QED) is 0.0199. The Morgan fingerprint density at radius 1 is 0.338 bits per heavy atom. The van der Waals surface area contributed by atoms with Crippen molar-refractivity contribution < 1.29 is 28.6 Å². The first-order valence-electron chi connectivity index (χ1n) is 25.4. The van der Waals surface area contributed by atoms with E-state index in [9.17, 15) is 14.4 Å². The van der Waals surface area contributed by atoms with Crippen LogP contribution in [0.1, 0.15) is 188 Å². The summed E-state index contributed by atoms with van der Waals surface area (Å²) in [5.41, 5.74) is 0. The Hall–Kier alpha value is -4.71. The van der Waals surface area contributed by atoms with Crippen LogP contribution in [0.15, 0.2) is 146 Å². The predicted molar refractivity (Wildman–Crippen MR) is 279 cm³/mol. The van der Waals surface area contributed by atoms with Gasteiger partial charge in [-0.1, -0.05) is 212 Å². The number of carbonyl (C=O) groups excluding carboxylic acids is 3. The van der Waals surface area contributed by atoms with Gasteiger partial charge in [0.15, 0.2) is 6.10 Å². The standard InChI is InChI=1S/C59H90O6/c1-4-7-10-13-16-19-22-25-27-29-31-34-37-40-43-46-49-52-58(61)64-55-56(54-63-57(60)51-48-45-42-39-36-33-24-21-18-15-12-9-6-3)65-59(62)53-50-47-44-41-38-35-32-30-28-26-23-20-17-14-11-8-5-2/h7,9-10,12,15-21,24-28,31,33-34,36,39-40,42-43,56H,4-6,8,11,13-14,22-23,29-30,32,35,37-38,41,44-55H2,1-3H3/b10-7+,12-9+,18-15+,19-16+,20-17+,24-21+,27-25+,28-26+,34-31+,36-33+,42-39+,43-40+. The summed E-state index contributed by atoms with van der Waals surface area (Å²) in [7, 11) is 0. The smallest absolute Gasteiger partial charge is 0.306 e. The van der Waals surface area contributed by atoms with Gasteiger partial charge in [0.25, 0.3) is 0 Å². The van der Waals surface area contributed by atoms with E-state index in [4.69, 9.17) is 14.2 Å². The maximum absolute atomic E-state index is 12.8. The SMILES string of the molecule is CC/C=C/C=C/C=C/C=C/C=C/CCCC(=O)OCC(COC(=O)CCC/C=C/C/C=C/C/C=C/C/C=C/C/C=C/CC)OC(=O)CCCCCCCCC/C=C/C/C=C/CCCCC. The summed E-state index contributed by atoms with van der Waals surface area (Å²) in [6.45, 7) is 6.20. The fourth-order valence-electron chi connectivity index (χ4n) is 6.18. The zero-order valence-corrected chi connectivity index (χ0v) is 41.2. The van der Waals surface area contributed by atoms with E-state index in [1.807, 2.05) is 54.7 Å². The molecule has 0 aromatic carbocycles. The largest absolute Gasteiger partial charge is 0.462 e. The molecule has 65 heavy (non-hydrogen) atoms. The molecule has 0 aliphatic heterocycles. The molecular weight excluding hydrogens is 805 g/mol. The number of carbonyl (C=O) groups is 3. The molecule has 6 heteroatoms. The van der Waals surface area contributed by atoms with Crippen LogP contribution >= 0.6 is 0 Å². The Morgan fingerprint density at radius 2 is 0.692 bits per heavy atom. The first-order valence-corrected chi connectivity index (χ1v) is 25.4. The van der Waals surface area contributed by atoms with E-state index in [1.165, 1.54) is 44.9 Å². The van der Waals surface area contributed by atoms with Gasteiger partial charge in [0.2, 0.25) is 0 Å². The van der Waals surface area contributed by atoms with E-state index >= 15 is 0 Å². The van der Waals surface area contributed by atoms with Crippen LogP contribution in [0, 0.1) is 0 Å². The van der Waals surface area contributed by atoms with E-state index < -0.39 is 6.10 Å². The second-order valence-electron chi connectivity index (χ2n) is 16.1. The summed E-state index contributed by atoms with van der Waals surface area (Å²) in [6.07, 6.45) is 74.1. The fraction of sp³-hybridized carbons (Fsp3) is 0.542. The molecule has 0 heterocycles. The lowest BCUT2D eigenvalue weighted by Crippen LogP contribution is -2.30. The first-order chi connectivity index (χ1) is 32.0. The number of unbranched alkanes of at least 4 members (excludes halogenated alkanes) is 12. The molecule has 362 valence electrons. The average molecular weight is 895 g/mol. The fourth-order valence-corrected chi connectivity index (χ4v) is 6.18. The highest BCUT2D eigenvalue weighted by atomic mass is 16.6. The van der Waals surface area contributed by atoms with Crippen molar-refractivity contribution in [3.05, 3.63) is 146 Å². The van der Waals surface area contributed by atoms with Crippen molar-refractivity contribution in [3.8, 4) is 0 Å². The van der Waals surface area contributed by atoms with Gasteiger partial charge < -0.3 is 14.2 Å². The molecule has 0 amide bonds. The van der Waals surface area contributed by atoms with Gasteiger partial charge in [-0.2, -0.15) is 0 Å². The number of hydrogen-bond acceptors (Lipinski definition) is 6. The molecule has 0 aromatic heterocycles. The summed E-state index contributed by atoms with van der Waals surface area (Å²) in [5.74, 6) is -1.09. The van der Waals surface area contributed by atoms with Crippen molar-refractivity contribution in [1.29, 1.82) is 0 Å². The number of rotatable bonds is 43. The summed E-state index contributed by atoms with van der Waals surface area (Å²) >= 11 is 0. The van der Waals surface area contributed by atoms with Crippen LogP contribution in [0.4, 0.5) is 0 Å². The minimum Gasteiger partial charge on any atom is -0.462 e. The summed E-state index contributed by atoms with van der Waals surface area (Å²) < 4.78 is 16.7. The van der Waals surface area contributed by atoms with Gasteiger partial charge in [-0.05, 0) is 103 Å². The Bertz CT molecular complexity index is 1490. The van der Waals surface area contributed by atoms with Crippen LogP contribution in [-0.4, -0.2) is 37.2 Å². The Morgan fingerprint density at radius 3 is 1.17 bits per heavy atom. The molecule has 0 aliphatic rings. The van der Waals surface area contributed by atoms with Gasteiger partial charge in [0.1, 0.15) is 13.2 Å². The summed E-state index contributed by atoms with van der Waals surface area (Å²) in [5, 5.41) is 0. The van der Waals surface area contributed by atoms with Crippen LogP contribution in [-0.2, 0) is 28.6 Å². The molecule has 0 spiro atoms. The van der Waals surface area contributed by atoms with E-state index in [-0.39, 0.29) is 50.4 Å². The molecule has 0 saturated carbocycles. The van der Waals surface area contributed by atoms with Crippen molar-refractivity contribution in [2.24, 2.45) is 0 Å². The highest BCUT2D eigenvalue weighted by Crippen LogP contribution is 2.12. The molecule has 0 bridgehead atoms. The van der Waals surface area contributed by atoms with Gasteiger partial charge in [-0.3, -0.25) is 14.4 Å². The molecular formula is C59H90O6. The van der Waals surface area contributed by atoms with Gasteiger partial charge in [0, 0.05) is 19.3 Å². The Balaban J connectivity index is 4.61. The molecule has 0 aliphatic carbocycles. The third-order valence-corrected chi connectivity index (χ3v) is 9.94. The van der Waals surface area contributed by atoms with Gasteiger partial charge in [-0.15, -0.1) is 0 Å².